The van der Waals surface area contributed by atoms with Gasteiger partial charge in [-0.05, 0) is 23.8 Å². The van der Waals surface area contributed by atoms with Crippen molar-refractivity contribution in [2.45, 2.75) is 37.7 Å². The average molecular weight is 228 g/mol. The summed E-state index contributed by atoms with van der Waals surface area (Å²) >= 11 is 1.50. The quantitative estimate of drug-likeness (QED) is 0.593. The van der Waals surface area contributed by atoms with Crippen LogP contribution >= 0.6 is 11.8 Å². The predicted octanol–water partition coefficient (Wildman–Crippen LogP) is 3.60. The summed E-state index contributed by atoms with van der Waals surface area (Å²) < 4.78 is 13.4. The molecule has 84 valence electrons. The van der Waals surface area contributed by atoms with E-state index in [1.807, 2.05) is 0 Å². The molecule has 0 aliphatic heterocycles. The minimum atomic E-state index is -0.219. The summed E-state index contributed by atoms with van der Waals surface area (Å²) in [6.07, 6.45) is 3.45. The second-order valence-electron chi connectivity index (χ2n) is 3.44. The van der Waals surface area contributed by atoms with Crippen LogP contribution in [0.3, 0.4) is 0 Å². The maximum atomic E-state index is 13.4. The lowest BCUT2D eigenvalue weighted by Gasteiger charge is -2.07. The third-order valence-corrected chi connectivity index (χ3v) is 3.45. The third kappa shape index (κ3) is 3.84. The Kier molecular flexibility index (Phi) is 5.73. The van der Waals surface area contributed by atoms with Crippen LogP contribution in [-0.4, -0.2) is 10.9 Å². The van der Waals surface area contributed by atoms with E-state index in [0.717, 1.165) is 12.2 Å². The summed E-state index contributed by atoms with van der Waals surface area (Å²) in [5.41, 5.74) is 0.691. The Bertz CT molecular complexity index is 302. The Balaban J connectivity index is 2.58. The molecule has 3 heteroatoms. The number of aliphatic hydroxyl groups is 1. The largest absolute Gasteiger partial charge is 0.392 e. The van der Waals surface area contributed by atoms with Gasteiger partial charge in [0.15, 0.2) is 0 Å². The molecule has 0 radical (unpaired) electrons. The van der Waals surface area contributed by atoms with Crippen molar-refractivity contribution in [1.82, 2.24) is 0 Å². The fraction of sp³-hybridized carbons (Fsp3) is 0.500. The van der Waals surface area contributed by atoms with Gasteiger partial charge in [0.25, 0.3) is 0 Å². The van der Waals surface area contributed by atoms with Gasteiger partial charge >= 0.3 is 0 Å². The first-order valence-corrected chi connectivity index (χ1v) is 6.29. The van der Waals surface area contributed by atoms with Crippen molar-refractivity contribution in [3.63, 3.8) is 0 Å². The zero-order valence-corrected chi connectivity index (χ0v) is 9.82. The number of aliphatic hydroxyl groups excluding tert-OH is 1. The highest BCUT2D eigenvalue weighted by Crippen LogP contribution is 2.27. The van der Waals surface area contributed by atoms with Gasteiger partial charge in [-0.3, -0.25) is 0 Å². The molecule has 0 aliphatic carbocycles. The van der Waals surface area contributed by atoms with Crippen LogP contribution in [0.5, 0.6) is 0 Å². The van der Waals surface area contributed by atoms with E-state index in [0.29, 0.717) is 10.5 Å². The highest BCUT2D eigenvalue weighted by atomic mass is 32.2. The van der Waals surface area contributed by atoms with Crippen molar-refractivity contribution in [2.24, 2.45) is 0 Å². The molecule has 0 aliphatic rings. The maximum Gasteiger partial charge on any atom is 0.137 e. The fourth-order valence-electron chi connectivity index (χ4n) is 1.37. The number of rotatable bonds is 6. The van der Waals surface area contributed by atoms with Crippen molar-refractivity contribution in [3.05, 3.63) is 29.6 Å². The zero-order valence-electron chi connectivity index (χ0n) is 9.00. The second kappa shape index (κ2) is 6.85. The molecule has 15 heavy (non-hydrogen) atoms. The van der Waals surface area contributed by atoms with Crippen LogP contribution in [0.1, 0.15) is 31.7 Å². The number of hydrogen-bond acceptors (Lipinski definition) is 2. The molecule has 1 aromatic rings. The number of thioether (sulfide) groups is 1. The minimum Gasteiger partial charge on any atom is -0.392 e. The maximum absolute atomic E-state index is 13.4. The fourth-order valence-corrected chi connectivity index (χ4v) is 2.44. The van der Waals surface area contributed by atoms with E-state index >= 15 is 0 Å². The monoisotopic (exact) mass is 228 g/mol. The van der Waals surface area contributed by atoms with Crippen molar-refractivity contribution in [2.75, 3.05) is 5.75 Å². The highest BCUT2D eigenvalue weighted by molar-refractivity contribution is 7.99. The Labute approximate surface area is 94.7 Å². The second-order valence-corrected chi connectivity index (χ2v) is 4.55. The lowest BCUT2D eigenvalue weighted by Crippen LogP contribution is -1.92. The normalized spacial score (nSPS) is 10.6. The van der Waals surface area contributed by atoms with Crippen LogP contribution in [0, 0.1) is 5.82 Å². The van der Waals surface area contributed by atoms with Crippen LogP contribution < -0.4 is 0 Å². The van der Waals surface area contributed by atoms with Gasteiger partial charge in [0.05, 0.1) is 6.61 Å². The first-order chi connectivity index (χ1) is 7.29. The molecule has 0 amide bonds. The lowest BCUT2D eigenvalue weighted by molar-refractivity contribution is 0.277. The van der Waals surface area contributed by atoms with Crippen molar-refractivity contribution >= 4 is 11.8 Å². The Morgan fingerprint density at radius 3 is 2.80 bits per heavy atom. The molecular weight excluding hydrogens is 211 g/mol. The zero-order chi connectivity index (χ0) is 11.1. The molecule has 0 saturated heterocycles. The molecule has 0 aromatic heterocycles. The van der Waals surface area contributed by atoms with Gasteiger partial charge in [-0.15, -0.1) is 11.8 Å². The molecule has 0 saturated carbocycles. The molecule has 1 nitrogen and oxygen atoms in total. The Morgan fingerprint density at radius 2 is 2.13 bits per heavy atom. The van der Waals surface area contributed by atoms with Crippen molar-refractivity contribution in [3.8, 4) is 0 Å². The van der Waals surface area contributed by atoms with E-state index in [2.05, 4.69) is 6.92 Å². The topological polar surface area (TPSA) is 20.2 Å². The van der Waals surface area contributed by atoms with E-state index in [9.17, 15) is 4.39 Å². The molecule has 0 bridgehead atoms. The van der Waals surface area contributed by atoms with E-state index in [-0.39, 0.29) is 12.4 Å². The molecule has 0 heterocycles. The molecule has 1 rings (SSSR count). The van der Waals surface area contributed by atoms with E-state index in [1.165, 1.54) is 30.7 Å². The summed E-state index contributed by atoms with van der Waals surface area (Å²) in [4.78, 5) is 0.608. The SMILES string of the molecule is CCCCCSc1c(F)cccc1CO. The van der Waals surface area contributed by atoms with Crippen molar-refractivity contribution < 1.29 is 9.50 Å². The summed E-state index contributed by atoms with van der Waals surface area (Å²) in [6.45, 7) is 2.06. The number of halogens is 1. The van der Waals surface area contributed by atoms with Gasteiger partial charge in [-0.2, -0.15) is 0 Å². The lowest BCUT2D eigenvalue weighted by atomic mass is 10.2. The smallest absolute Gasteiger partial charge is 0.137 e. The van der Waals surface area contributed by atoms with Gasteiger partial charge in [0.1, 0.15) is 5.82 Å². The van der Waals surface area contributed by atoms with E-state index in [1.54, 1.807) is 12.1 Å². The molecule has 1 aromatic carbocycles. The number of unbranched alkanes of at least 4 members (excludes halogenated alkanes) is 2. The average Bonchev–Trinajstić information content (AvgIpc) is 2.26. The summed E-state index contributed by atoms with van der Waals surface area (Å²) in [5, 5.41) is 9.07. The molecule has 0 spiro atoms. The molecular formula is C12H17FOS. The minimum absolute atomic E-state index is 0.0894. The predicted molar refractivity (Wildman–Crippen MR) is 62.6 cm³/mol. The summed E-state index contributed by atoms with van der Waals surface area (Å²) in [6, 6.07) is 4.85. The van der Waals surface area contributed by atoms with Crippen molar-refractivity contribution in [1.29, 1.82) is 0 Å². The van der Waals surface area contributed by atoms with Gasteiger partial charge < -0.3 is 5.11 Å². The van der Waals surface area contributed by atoms with Crippen LogP contribution in [0.2, 0.25) is 0 Å². The van der Waals surface area contributed by atoms with Gasteiger partial charge in [-0.25, -0.2) is 4.39 Å². The first-order valence-electron chi connectivity index (χ1n) is 5.30. The molecule has 0 unspecified atom stereocenters. The number of hydrogen-bond donors (Lipinski definition) is 1. The van der Waals surface area contributed by atoms with E-state index < -0.39 is 0 Å². The third-order valence-electron chi connectivity index (χ3n) is 2.21. The van der Waals surface area contributed by atoms with Gasteiger partial charge in [0.2, 0.25) is 0 Å². The van der Waals surface area contributed by atoms with Crippen LogP contribution in [0.25, 0.3) is 0 Å². The molecule has 1 N–H and O–H groups in total. The first kappa shape index (κ1) is 12.5. The molecule has 0 atom stereocenters. The molecule has 0 fully saturated rings. The van der Waals surface area contributed by atoms with Gasteiger partial charge in [-0.1, -0.05) is 31.9 Å². The Morgan fingerprint density at radius 1 is 1.33 bits per heavy atom. The number of benzene rings is 1. The highest BCUT2D eigenvalue weighted by Gasteiger charge is 2.07. The van der Waals surface area contributed by atoms with Crippen LogP contribution in [0.15, 0.2) is 23.1 Å². The standard InChI is InChI=1S/C12H17FOS/c1-2-3-4-8-15-12-10(9-14)6-5-7-11(12)13/h5-7,14H,2-4,8-9H2,1H3. The van der Waals surface area contributed by atoms with Crippen LogP contribution in [-0.2, 0) is 6.61 Å². The van der Waals surface area contributed by atoms with Crippen LogP contribution in [0.4, 0.5) is 4.39 Å². The van der Waals surface area contributed by atoms with E-state index in [4.69, 9.17) is 5.11 Å². The Hall–Kier alpha value is -0.540. The van der Waals surface area contributed by atoms with Gasteiger partial charge in [0, 0.05) is 4.90 Å². The summed E-state index contributed by atoms with van der Waals surface area (Å²) in [5.74, 6) is 0.699. The summed E-state index contributed by atoms with van der Waals surface area (Å²) in [7, 11) is 0.